The van der Waals surface area contributed by atoms with Gasteiger partial charge in [0.25, 0.3) is 5.91 Å². The van der Waals surface area contributed by atoms with Crippen LogP contribution in [0.5, 0.6) is 5.75 Å². The Balaban J connectivity index is 1.75. The number of rotatable bonds is 4. The third-order valence-electron chi connectivity index (χ3n) is 4.38. The van der Waals surface area contributed by atoms with Crippen molar-refractivity contribution in [2.24, 2.45) is 0 Å². The number of nitrogens with one attached hydrogen (secondary N) is 2. The maximum atomic E-state index is 13.1. The molecule has 1 atom stereocenters. The van der Waals surface area contributed by atoms with Crippen LogP contribution in [0.1, 0.15) is 18.5 Å². The standard InChI is InChI=1S/C19H18N6O2/c1-12-16(18(26)24-15-5-3-4-10-20-15)17(25-19(23-12)21-11-22-25)13-6-8-14(27-2)9-7-13/h3-11,17H,1-2H3,(H,20,24,26)(H,21,22,23). The van der Waals surface area contributed by atoms with Crippen LogP contribution in [0.4, 0.5) is 11.8 Å². The van der Waals surface area contributed by atoms with Crippen molar-refractivity contribution in [3.05, 3.63) is 71.8 Å². The predicted octanol–water partition coefficient (Wildman–Crippen LogP) is 2.61. The second-order valence-electron chi connectivity index (χ2n) is 6.04. The summed E-state index contributed by atoms with van der Waals surface area (Å²) in [7, 11) is 1.62. The number of allylic oxidation sites excluding steroid dienone is 1. The molecule has 2 N–H and O–H groups in total. The van der Waals surface area contributed by atoms with Gasteiger partial charge >= 0.3 is 0 Å². The fraction of sp³-hybridized carbons (Fsp3) is 0.158. The van der Waals surface area contributed by atoms with E-state index in [9.17, 15) is 4.79 Å². The lowest BCUT2D eigenvalue weighted by Gasteiger charge is -2.28. The Morgan fingerprint density at radius 2 is 2.00 bits per heavy atom. The molecular formula is C19H18N6O2. The molecular weight excluding hydrogens is 344 g/mol. The van der Waals surface area contributed by atoms with Crippen LogP contribution in [-0.2, 0) is 4.79 Å². The van der Waals surface area contributed by atoms with E-state index >= 15 is 0 Å². The molecule has 0 spiro atoms. The second-order valence-corrected chi connectivity index (χ2v) is 6.04. The van der Waals surface area contributed by atoms with Crippen molar-refractivity contribution in [1.82, 2.24) is 19.7 Å². The summed E-state index contributed by atoms with van der Waals surface area (Å²) in [6.45, 7) is 1.85. The summed E-state index contributed by atoms with van der Waals surface area (Å²) in [5.74, 6) is 1.57. The predicted molar refractivity (Wildman–Crippen MR) is 100 cm³/mol. The van der Waals surface area contributed by atoms with E-state index in [-0.39, 0.29) is 5.91 Å². The third-order valence-corrected chi connectivity index (χ3v) is 4.38. The summed E-state index contributed by atoms with van der Waals surface area (Å²) in [5.41, 5.74) is 2.16. The van der Waals surface area contributed by atoms with Crippen LogP contribution >= 0.6 is 0 Å². The van der Waals surface area contributed by atoms with Crippen LogP contribution in [0, 0.1) is 0 Å². The van der Waals surface area contributed by atoms with E-state index in [2.05, 4.69) is 25.7 Å². The van der Waals surface area contributed by atoms with E-state index in [1.165, 1.54) is 6.33 Å². The maximum absolute atomic E-state index is 13.1. The zero-order chi connectivity index (χ0) is 18.8. The van der Waals surface area contributed by atoms with E-state index in [1.807, 2.05) is 37.3 Å². The smallest absolute Gasteiger partial charge is 0.257 e. The maximum Gasteiger partial charge on any atom is 0.257 e. The van der Waals surface area contributed by atoms with Gasteiger partial charge in [0.2, 0.25) is 5.95 Å². The van der Waals surface area contributed by atoms with Crippen LogP contribution in [0.2, 0.25) is 0 Å². The number of nitrogens with zero attached hydrogens (tertiary/aromatic N) is 4. The minimum atomic E-state index is -0.418. The Hall–Kier alpha value is -3.68. The highest BCUT2D eigenvalue weighted by Gasteiger charge is 2.33. The lowest BCUT2D eigenvalue weighted by Crippen LogP contribution is -2.31. The molecule has 1 amide bonds. The van der Waals surface area contributed by atoms with Crippen molar-refractivity contribution >= 4 is 17.7 Å². The zero-order valence-electron chi connectivity index (χ0n) is 14.9. The molecule has 1 aromatic carbocycles. The highest BCUT2D eigenvalue weighted by Crippen LogP contribution is 2.35. The highest BCUT2D eigenvalue weighted by molar-refractivity contribution is 6.05. The molecule has 2 aromatic heterocycles. The number of carbonyl (C=O) groups excluding carboxylic acids is 1. The van der Waals surface area contributed by atoms with Crippen molar-refractivity contribution in [3.8, 4) is 5.75 Å². The van der Waals surface area contributed by atoms with Gasteiger partial charge in [0.15, 0.2) is 0 Å². The number of hydrogen-bond acceptors (Lipinski definition) is 6. The number of pyridine rings is 1. The molecule has 3 aromatic rings. The molecule has 0 aliphatic carbocycles. The van der Waals surface area contributed by atoms with E-state index in [0.29, 0.717) is 23.0 Å². The molecule has 136 valence electrons. The first kappa shape index (κ1) is 16.8. The second kappa shape index (κ2) is 6.91. The molecule has 8 nitrogen and oxygen atoms in total. The van der Waals surface area contributed by atoms with Crippen LogP contribution in [0.3, 0.4) is 0 Å². The summed E-state index contributed by atoms with van der Waals surface area (Å²) in [5, 5.41) is 10.3. The van der Waals surface area contributed by atoms with Crippen LogP contribution in [-0.4, -0.2) is 32.8 Å². The summed E-state index contributed by atoms with van der Waals surface area (Å²) < 4.78 is 6.94. The number of amides is 1. The van der Waals surface area contributed by atoms with Gasteiger partial charge in [0.1, 0.15) is 23.9 Å². The van der Waals surface area contributed by atoms with Gasteiger partial charge < -0.3 is 15.4 Å². The van der Waals surface area contributed by atoms with Gasteiger partial charge in [-0.05, 0) is 36.8 Å². The molecule has 0 radical (unpaired) electrons. The van der Waals surface area contributed by atoms with Gasteiger partial charge in [-0.15, -0.1) is 0 Å². The SMILES string of the molecule is COc1ccc(C2C(C(=O)Nc3ccccn3)=C(C)Nc3ncnn32)cc1. The average Bonchev–Trinajstić information content (AvgIpc) is 3.15. The molecule has 3 heterocycles. The summed E-state index contributed by atoms with van der Waals surface area (Å²) in [6.07, 6.45) is 3.10. The van der Waals surface area contributed by atoms with E-state index in [1.54, 1.807) is 30.1 Å². The van der Waals surface area contributed by atoms with E-state index < -0.39 is 6.04 Å². The van der Waals surface area contributed by atoms with E-state index in [4.69, 9.17) is 4.74 Å². The molecule has 0 saturated carbocycles. The Bertz CT molecular complexity index is 995. The number of hydrogen-bond donors (Lipinski definition) is 2. The summed E-state index contributed by atoms with van der Waals surface area (Å²) in [4.78, 5) is 21.5. The number of anilines is 2. The largest absolute Gasteiger partial charge is 0.497 e. The summed E-state index contributed by atoms with van der Waals surface area (Å²) in [6, 6.07) is 12.5. The molecule has 0 saturated heterocycles. The lowest BCUT2D eigenvalue weighted by atomic mass is 9.95. The van der Waals surface area contributed by atoms with Gasteiger partial charge in [0.05, 0.1) is 12.7 Å². The molecule has 1 aliphatic heterocycles. The highest BCUT2D eigenvalue weighted by atomic mass is 16.5. The van der Waals surface area contributed by atoms with Gasteiger partial charge in [-0.25, -0.2) is 9.67 Å². The normalized spacial score (nSPS) is 15.7. The molecule has 8 heteroatoms. The fourth-order valence-electron chi connectivity index (χ4n) is 3.10. The number of methoxy groups -OCH3 is 1. The monoisotopic (exact) mass is 362 g/mol. The Morgan fingerprint density at radius 1 is 1.19 bits per heavy atom. The van der Waals surface area contributed by atoms with Crippen molar-refractivity contribution < 1.29 is 9.53 Å². The average molecular weight is 362 g/mol. The Morgan fingerprint density at radius 3 is 2.70 bits per heavy atom. The van der Waals surface area contributed by atoms with Crippen molar-refractivity contribution in [3.63, 3.8) is 0 Å². The molecule has 27 heavy (non-hydrogen) atoms. The Labute approximate surface area is 155 Å². The minimum absolute atomic E-state index is 0.249. The van der Waals surface area contributed by atoms with Gasteiger partial charge in [-0.2, -0.15) is 10.1 Å². The van der Waals surface area contributed by atoms with Crippen molar-refractivity contribution in [2.75, 3.05) is 17.7 Å². The molecule has 4 rings (SSSR count). The van der Waals surface area contributed by atoms with Crippen molar-refractivity contribution in [2.45, 2.75) is 13.0 Å². The van der Waals surface area contributed by atoms with Crippen molar-refractivity contribution in [1.29, 1.82) is 0 Å². The number of carbonyl (C=O) groups is 1. The topological polar surface area (TPSA) is 94.0 Å². The van der Waals surface area contributed by atoms with Gasteiger partial charge in [-0.3, -0.25) is 4.79 Å². The number of fused-ring (bicyclic) bond motifs is 1. The van der Waals surface area contributed by atoms with Crippen LogP contribution in [0.25, 0.3) is 0 Å². The quantitative estimate of drug-likeness (QED) is 0.741. The fourth-order valence-corrected chi connectivity index (χ4v) is 3.10. The first-order valence-electron chi connectivity index (χ1n) is 8.41. The molecule has 0 bridgehead atoms. The van der Waals surface area contributed by atoms with Crippen LogP contribution in [0.15, 0.2) is 66.3 Å². The summed E-state index contributed by atoms with van der Waals surface area (Å²) >= 11 is 0. The third kappa shape index (κ3) is 3.12. The number of aromatic nitrogens is 4. The van der Waals surface area contributed by atoms with E-state index in [0.717, 1.165) is 11.3 Å². The Kier molecular flexibility index (Phi) is 4.29. The first-order valence-corrected chi connectivity index (χ1v) is 8.41. The first-order chi connectivity index (χ1) is 13.2. The van der Waals surface area contributed by atoms with Gasteiger partial charge in [-0.1, -0.05) is 18.2 Å². The molecule has 0 fully saturated rings. The number of benzene rings is 1. The molecule has 1 unspecified atom stereocenters. The molecule has 1 aliphatic rings. The van der Waals surface area contributed by atoms with Crippen LogP contribution < -0.4 is 15.4 Å². The van der Waals surface area contributed by atoms with Gasteiger partial charge in [0, 0.05) is 11.9 Å². The zero-order valence-corrected chi connectivity index (χ0v) is 14.9. The lowest BCUT2D eigenvalue weighted by molar-refractivity contribution is -0.113. The minimum Gasteiger partial charge on any atom is -0.497 e. The number of ether oxygens (including phenoxy) is 1.